The van der Waals surface area contributed by atoms with E-state index in [1.807, 2.05) is 11.8 Å². The third-order valence-corrected chi connectivity index (χ3v) is 6.49. The quantitative estimate of drug-likeness (QED) is 0.858. The first-order valence-electron chi connectivity index (χ1n) is 10.1. The summed E-state index contributed by atoms with van der Waals surface area (Å²) in [6.45, 7) is 3.58. The van der Waals surface area contributed by atoms with Crippen molar-refractivity contribution in [2.24, 2.45) is 5.41 Å². The van der Waals surface area contributed by atoms with Crippen LogP contribution in [0.1, 0.15) is 56.7 Å². The fraction of sp³-hybridized carbons (Fsp3) is 0.684. The lowest BCUT2D eigenvalue weighted by Gasteiger charge is -2.33. The zero-order valence-electron chi connectivity index (χ0n) is 15.8. The van der Waals surface area contributed by atoms with Crippen LogP contribution in [0.3, 0.4) is 0 Å². The molecule has 2 N–H and O–H groups in total. The maximum Gasteiger partial charge on any atom is 0.316 e. The number of aryl methyl sites for hydroxylation is 1. The molecule has 2 fully saturated rings. The van der Waals surface area contributed by atoms with Crippen molar-refractivity contribution in [3.8, 4) is 11.6 Å². The number of carbonyl (C=O) groups excluding carboxylic acids is 1. The van der Waals surface area contributed by atoms with Crippen LogP contribution in [0.5, 0.6) is 0 Å². The topological polar surface area (TPSA) is 99.9 Å². The van der Waals surface area contributed by atoms with Gasteiger partial charge in [-0.2, -0.15) is 5.10 Å². The molecule has 0 unspecified atom stereocenters. The van der Waals surface area contributed by atoms with Crippen molar-refractivity contribution in [3.63, 3.8) is 0 Å². The molecular formula is C19H26N6O2. The second-order valence-electron chi connectivity index (χ2n) is 8.33. The Hall–Kier alpha value is -2.38. The van der Waals surface area contributed by atoms with Crippen LogP contribution in [0, 0.1) is 5.41 Å². The Bertz CT molecular complexity index is 842. The number of nitrogens with zero attached hydrogens (tertiary/aromatic N) is 4. The first-order valence-corrected chi connectivity index (χ1v) is 10.1. The molecule has 1 saturated heterocycles. The van der Waals surface area contributed by atoms with Gasteiger partial charge in [-0.3, -0.25) is 9.89 Å². The maximum atomic E-state index is 12.7. The van der Waals surface area contributed by atoms with E-state index < -0.39 is 0 Å². The van der Waals surface area contributed by atoms with Gasteiger partial charge in [-0.15, -0.1) is 5.10 Å². The third kappa shape index (κ3) is 3.11. The van der Waals surface area contributed by atoms with Crippen molar-refractivity contribution >= 4 is 11.9 Å². The molecule has 5 rings (SSSR count). The first-order chi connectivity index (χ1) is 13.1. The number of amides is 1. The predicted molar refractivity (Wildman–Crippen MR) is 99.1 cm³/mol. The minimum absolute atomic E-state index is 0.101. The number of anilines is 1. The average Bonchev–Trinajstić information content (AvgIpc) is 3.09. The summed E-state index contributed by atoms with van der Waals surface area (Å²) in [6, 6.07) is -0.108. The molecule has 1 atom stereocenters. The van der Waals surface area contributed by atoms with Crippen LogP contribution < -0.4 is 5.32 Å². The Morgan fingerprint density at radius 1 is 1.19 bits per heavy atom. The second kappa shape index (κ2) is 6.35. The van der Waals surface area contributed by atoms with Gasteiger partial charge in [0, 0.05) is 18.7 Å². The minimum Gasteiger partial charge on any atom is -0.402 e. The van der Waals surface area contributed by atoms with Crippen LogP contribution in [0.2, 0.25) is 0 Å². The molecule has 2 aromatic heterocycles. The van der Waals surface area contributed by atoms with Crippen molar-refractivity contribution in [1.29, 1.82) is 0 Å². The van der Waals surface area contributed by atoms with Gasteiger partial charge in [0.1, 0.15) is 11.7 Å². The lowest BCUT2D eigenvalue weighted by Crippen LogP contribution is -2.45. The number of likely N-dealkylation sites (tertiary alicyclic amines) is 1. The zero-order chi connectivity index (χ0) is 18.4. The van der Waals surface area contributed by atoms with Gasteiger partial charge in [0.05, 0.1) is 5.69 Å². The van der Waals surface area contributed by atoms with Crippen molar-refractivity contribution in [3.05, 3.63) is 11.3 Å². The van der Waals surface area contributed by atoms with Crippen LogP contribution in [0.4, 0.5) is 6.01 Å². The van der Waals surface area contributed by atoms with Crippen molar-refractivity contribution in [1.82, 2.24) is 25.3 Å². The van der Waals surface area contributed by atoms with Gasteiger partial charge in [0.25, 0.3) is 5.89 Å². The summed E-state index contributed by atoms with van der Waals surface area (Å²) < 4.78 is 5.77. The molecule has 144 valence electrons. The SMILES string of the molecule is C[C@@H](Nc1nnc(-c2[nH]nc3c2CCCC3)o1)C(=O)N1CCC2(CC1)CC2. The second-order valence-corrected chi connectivity index (χ2v) is 8.33. The lowest BCUT2D eigenvalue weighted by atomic mass is 9.93. The Morgan fingerprint density at radius 3 is 2.74 bits per heavy atom. The summed E-state index contributed by atoms with van der Waals surface area (Å²) in [5.74, 6) is 0.533. The third-order valence-electron chi connectivity index (χ3n) is 6.49. The number of hydrogen-bond donors (Lipinski definition) is 2. The summed E-state index contributed by atoms with van der Waals surface area (Å²) in [4.78, 5) is 14.7. The van der Waals surface area contributed by atoms with Crippen LogP contribution >= 0.6 is 0 Å². The molecule has 1 spiro atoms. The predicted octanol–water partition coefficient (Wildman–Crippen LogP) is 2.54. The number of piperidine rings is 1. The zero-order valence-corrected chi connectivity index (χ0v) is 15.8. The molecule has 3 heterocycles. The van der Waals surface area contributed by atoms with Crippen LogP contribution in [0.15, 0.2) is 4.42 Å². The van der Waals surface area contributed by atoms with Gasteiger partial charge in [-0.05, 0) is 63.7 Å². The molecular weight excluding hydrogens is 344 g/mol. The van der Waals surface area contributed by atoms with E-state index in [1.165, 1.54) is 24.8 Å². The fourth-order valence-electron chi connectivity index (χ4n) is 4.43. The van der Waals surface area contributed by atoms with Gasteiger partial charge >= 0.3 is 6.01 Å². The number of aromatic nitrogens is 4. The van der Waals surface area contributed by atoms with Gasteiger partial charge in [0.2, 0.25) is 5.91 Å². The van der Waals surface area contributed by atoms with Gasteiger partial charge in [0.15, 0.2) is 0 Å². The number of rotatable bonds is 4. The van der Waals surface area contributed by atoms with Gasteiger partial charge in [-0.1, -0.05) is 5.10 Å². The van der Waals surface area contributed by atoms with Gasteiger partial charge < -0.3 is 14.6 Å². The van der Waals surface area contributed by atoms with Crippen LogP contribution in [-0.2, 0) is 17.6 Å². The smallest absolute Gasteiger partial charge is 0.316 e. The molecule has 1 saturated carbocycles. The van der Waals surface area contributed by atoms with E-state index in [0.29, 0.717) is 11.3 Å². The number of nitrogens with one attached hydrogen (secondary N) is 2. The standard InChI is InChI=1S/C19H26N6O2/c1-12(17(26)25-10-8-19(6-7-19)9-11-25)20-18-24-23-16(27-18)15-13-4-2-3-5-14(13)21-22-15/h12H,2-11H2,1H3,(H,20,24)(H,21,22)/t12-/m1/s1. The number of H-pyrrole nitrogens is 1. The first kappa shape index (κ1) is 16.8. The molecule has 2 aliphatic carbocycles. The molecule has 1 amide bonds. The monoisotopic (exact) mass is 370 g/mol. The van der Waals surface area contributed by atoms with E-state index in [-0.39, 0.29) is 18.0 Å². The molecule has 0 radical (unpaired) electrons. The van der Waals surface area contributed by atoms with E-state index in [9.17, 15) is 4.79 Å². The molecule has 0 bridgehead atoms. The largest absolute Gasteiger partial charge is 0.402 e. The molecule has 2 aromatic rings. The number of carbonyl (C=O) groups is 1. The number of hydrogen-bond acceptors (Lipinski definition) is 6. The minimum atomic E-state index is -0.387. The van der Waals surface area contributed by atoms with Crippen molar-refractivity contribution < 1.29 is 9.21 Å². The van der Waals surface area contributed by atoms with E-state index in [2.05, 4.69) is 25.7 Å². The lowest BCUT2D eigenvalue weighted by molar-refractivity contribution is -0.133. The van der Waals surface area contributed by atoms with Crippen molar-refractivity contribution in [2.75, 3.05) is 18.4 Å². The molecule has 8 heteroatoms. The summed E-state index contributed by atoms with van der Waals surface area (Å²) in [5.41, 5.74) is 3.67. The Labute approximate surface area is 158 Å². The normalized spacial score (nSPS) is 21.7. The Kier molecular flexibility index (Phi) is 3.94. The summed E-state index contributed by atoms with van der Waals surface area (Å²) in [5, 5.41) is 18.7. The summed E-state index contributed by atoms with van der Waals surface area (Å²) >= 11 is 0. The molecule has 3 aliphatic rings. The maximum absolute atomic E-state index is 12.7. The Morgan fingerprint density at radius 2 is 1.96 bits per heavy atom. The van der Waals surface area contributed by atoms with Crippen LogP contribution in [0.25, 0.3) is 11.6 Å². The molecule has 0 aromatic carbocycles. The van der Waals surface area contributed by atoms with Crippen molar-refractivity contribution in [2.45, 2.75) is 64.3 Å². The highest BCUT2D eigenvalue weighted by atomic mass is 16.4. The van der Waals surface area contributed by atoms with Gasteiger partial charge in [-0.25, -0.2) is 0 Å². The van der Waals surface area contributed by atoms with E-state index in [1.54, 1.807) is 0 Å². The Balaban J connectivity index is 1.24. The van der Waals surface area contributed by atoms with E-state index in [0.717, 1.165) is 56.6 Å². The fourth-order valence-corrected chi connectivity index (χ4v) is 4.43. The summed E-state index contributed by atoms with van der Waals surface area (Å²) in [7, 11) is 0. The summed E-state index contributed by atoms with van der Waals surface area (Å²) in [6.07, 6.45) is 9.26. The highest BCUT2D eigenvalue weighted by Crippen LogP contribution is 2.53. The highest BCUT2D eigenvalue weighted by molar-refractivity contribution is 5.83. The molecule has 8 nitrogen and oxygen atoms in total. The number of fused-ring (bicyclic) bond motifs is 1. The van der Waals surface area contributed by atoms with Crippen LogP contribution in [-0.4, -0.2) is 50.3 Å². The molecule has 27 heavy (non-hydrogen) atoms. The molecule has 1 aliphatic heterocycles. The van der Waals surface area contributed by atoms with E-state index in [4.69, 9.17) is 4.42 Å². The van der Waals surface area contributed by atoms with E-state index >= 15 is 0 Å². The number of aromatic amines is 1. The average molecular weight is 370 g/mol. The highest BCUT2D eigenvalue weighted by Gasteiger charge is 2.45.